The highest BCUT2D eigenvalue weighted by atomic mass is 32.2. The van der Waals surface area contributed by atoms with E-state index < -0.39 is 0 Å². The van der Waals surface area contributed by atoms with Crippen LogP contribution in [0.3, 0.4) is 0 Å². The van der Waals surface area contributed by atoms with E-state index in [0.717, 1.165) is 10.6 Å². The summed E-state index contributed by atoms with van der Waals surface area (Å²) < 4.78 is 0. The molecule has 6 nitrogen and oxygen atoms in total. The average molecular weight is 458 g/mol. The Labute approximate surface area is 196 Å². The highest BCUT2D eigenvalue weighted by Crippen LogP contribution is 2.42. The van der Waals surface area contributed by atoms with E-state index in [1.807, 2.05) is 67.5 Å². The van der Waals surface area contributed by atoms with Gasteiger partial charge >= 0.3 is 0 Å². The molecule has 1 N–H and O–H groups in total. The first-order valence-corrected chi connectivity index (χ1v) is 11.2. The maximum Gasteiger partial charge on any atom is 0.272 e. The van der Waals surface area contributed by atoms with Gasteiger partial charge < -0.3 is 10.2 Å². The number of carbonyl (C=O) groups excluding carboxylic acids is 3. The summed E-state index contributed by atoms with van der Waals surface area (Å²) in [7, 11) is 3.81. The van der Waals surface area contributed by atoms with Gasteiger partial charge in [0.2, 0.25) is 5.91 Å². The van der Waals surface area contributed by atoms with Crippen LogP contribution in [0, 0.1) is 0 Å². The largest absolute Gasteiger partial charge is 0.378 e. The third-order valence-electron chi connectivity index (χ3n) is 5.10. The molecule has 3 amide bonds. The van der Waals surface area contributed by atoms with Gasteiger partial charge in [0.15, 0.2) is 0 Å². The Hall–Kier alpha value is -3.84. The SMILES string of the molecule is CC(=O)Nc1ccc(C2=C(Sc3ccccc3)C(=O)N(c3cccc(N(C)C)c3)C2=O)cc1. The average Bonchev–Trinajstić information content (AvgIpc) is 3.04. The zero-order valence-electron chi connectivity index (χ0n) is 18.5. The first-order chi connectivity index (χ1) is 15.8. The van der Waals surface area contributed by atoms with Gasteiger partial charge in [-0.2, -0.15) is 0 Å². The van der Waals surface area contributed by atoms with E-state index in [-0.39, 0.29) is 17.7 Å². The molecular formula is C26H23N3O3S. The Balaban J connectivity index is 1.78. The van der Waals surface area contributed by atoms with Gasteiger partial charge in [-0.1, -0.05) is 48.2 Å². The number of hydrogen-bond donors (Lipinski definition) is 1. The topological polar surface area (TPSA) is 69.7 Å². The second kappa shape index (κ2) is 9.34. The number of carbonyl (C=O) groups is 3. The number of hydrogen-bond acceptors (Lipinski definition) is 5. The van der Waals surface area contributed by atoms with Crippen molar-refractivity contribution in [3.8, 4) is 0 Å². The van der Waals surface area contributed by atoms with Crippen molar-refractivity contribution in [1.29, 1.82) is 0 Å². The zero-order valence-corrected chi connectivity index (χ0v) is 19.3. The fraction of sp³-hybridized carbons (Fsp3) is 0.115. The Morgan fingerprint density at radius 2 is 1.58 bits per heavy atom. The predicted octanol–water partition coefficient (Wildman–Crippen LogP) is 4.79. The second-order valence-electron chi connectivity index (χ2n) is 7.74. The molecule has 3 aromatic carbocycles. The number of thioether (sulfide) groups is 1. The van der Waals surface area contributed by atoms with Crippen LogP contribution in [0.15, 0.2) is 88.7 Å². The van der Waals surface area contributed by atoms with Crippen molar-refractivity contribution in [3.63, 3.8) is 0 Å². The number of anilines is 3. The van der Waals surface area contributed by atoms with Gasteiger partial charge in [0.1, 0.15) is 0 Å². The number of amides is 3. The standard InChI is InChI=1S/C26H23N3O3S/c1-17(30)27-19-14-12-18(13-15-19)23-24(33-22-10-5-4-6-11-22)26(32)29(25(23)31)21-9-7-8-20(16-21)28(2)3/h4-16H,1-3H3,(H,27,30). The van der Waals surface area contributed by atoms with Crippen LogP contribution < -0.4 is 15.1 Å². The van der Waals surface area contributed by atoms with E-state index in [1.165, 1.54) is 23.6 Å². The molecule has 0 aliphatic carbocycles. The summed E-state index contributed by atoms with van der Waals surface area (Å²) in [5, 5.41) is 2.72. The summed E-state index contributed by atoms with van der Waals surface area (Å²) >= 11 is 1.28. The fourth-order valence-electron chi connectivity index (χ4n) is 3.53. The lowest BCUT2D eigenvalue weighted by molar-refractivity contribution is -0.120. The van der Waals surface area contributed by atoms with Crippen LogP contribution in [0.4, 0.5) is 17.1 Å². The summed E-state index contributed by atoms with van der Waals surface area (Å²) in [6, 6.07) is 23.8. The Morgan fingerprint density at radius 3 is 2.21 bits per heavy atom. The normalized spacial score (nSPS) is 13.5. The quantitative estimate of drug-likeness (QED) is 0.539. The smallest absolute Gasteiger partial charge is 0.272 e. The minimum Gasteiger partial charge on any atom is -0.378 e. The van der Waals surface area contributed by atoms with E-state index in [1.54, 1.807) is 30.3 Å². The van der Waals surface area contributed by atoms with Crippen LogP contribution >= 0.6 is 11.8 Å². The molecule has 0 bridgehead atoms. The molecular weight excluding hydrogens is 434 g/mol. The van der Waals surface area contributed by atoms with E-state index >= 15 is 0 Å². The highest BCUT2D eigenvalue weighted by molar-refractivity contribution is 8.04. The van der Waals surface area contributed by atoms with Crippen molar-refractivity contribution < 1.29 is 14.4 Å². The number of rotatable bonds is 6. The zero-order chi connectivity index (χ0) is 23.5. The van der Waals surface area contributed by atoms with Crippen molar-refractivity contribution >= 4 is 52.1 Å². The molecule has 1 aliphatic heterocycles. The molecule has 166 valence electrons. The number of nitrogens with one attached hydrogen (secondary N) is 1. The van der Waals surface area contributed by atoms with Gasteiger partial charge in [-0.15, -0.1) is 0 Å². The molecule has 7 heteroatoms. The molecule has 0 radical (unpaired) electrons. The summed E-state index contributed by atoms with van der Waals surface area (Å²) in [5.74, 6) is -0.909. The fourth-order valence-corrected chi connectivity index (χ4v) is 4.55. The van der Waals surface area contributed by atoms with Gasteiger partial charge in [-0.3, -0.25) is 14.4 Å². The van der Waals surface area contributed by atoms with Gasteiger partial charge in [0, 0.05) is 37.3 Å². The number of imide groups is 1. The summed E-state index contributed by atoms with van der Waals surface area (Å²) in [5.41, 5.74) is 2.99. The minimum absolute atomic E-state index is 0.179. The minimum atomic E-state index is -0.374. The molecule has 0 atom stereocenters. The maximum atomic E-state index is 13.6. The van der Waals surface area contributed by atoms with Crippen LogP contribution in [0.5, 0.6) is 0 Å². The lowest BCUT2D eigenvalue weighted by Crippen LogP contribution is -2.31. The highest BCUT2D eigenvalue weighted by Gasteiger charge is 2.40. The van der Waals surface area contributed by atoms with Crippen LogP contribution in [0.2, 0.25) is 0 Å². The summed E-state index contributed by atoms with van der Waals surface area (Å²) in [6.07, 6.45) is 0. The molecule has 1 aliphatic rings. The predicted molar refractivity (Wildman–Crippen MR) is 133 cm³/mol. The molecule has 1 heterocycles. The van der Waals surface area contributed by atoms with Crippen molar-refractivity contribution in [2.24, 2.45) is 0 Å². The Morgan fingerprint density at radius 1 is 0.879 bits per heavy atom. The second-order valence-corrected chi connectivity index (χ2v) is 8.82. The Kier molecular flexibility index (Phi) is 6.33. The lowest BCUT2D eigenvalue weighted by atomic mass is 10.1. The molecule has 4 rings (SSSR count). The maximum absolute atomic E-state index is 13.6. The molecule has 0 fully saturated rings. The van der Waals surface area contributed by atoms with Gasteiger partial charge in [-0.05, 0) is 48.0 Å². The number of nitrogens with zero attached hydrogens (tertiary/aromatic N) is 2. The van der Waals surface area contributed by atoms with Crippen molar-refractivity contribution in [2.45, 2.75) is 11.8 Å². The van der Waals surface area contributed by atoms with Crippen LogP contribution in [-0.2, 0) is 14.4 Å². The van der Waals surface area contributed by atoms with Crippen molar-refractivity contribution in [1.82, 2.24) is 0 Å². The molecule has 0 spiro atoms. The van der Waals surface area contributed by atoms with Crippen molar-refractivity contribution in [2.75, 3.05) is 29.2 Å². The van der Waals surface area contributed by atoms with Crippen LogP contribution in [0.1, 0.15) is 12.5 Å². The first kappa shape index (κ1) is 22.4. The molecule has 3 aromatic rings. The molecule has 0 saturated carbocycles. The molecule has 0 unspecified atom stereocenters. The third kappa shape index (κ3) is 4.68. The Bertz CT molecular complexity index is 1250. The third-order valence-corrected chi connectivity index (χ3v) is 6.19. The molecule has 33 heavy (non-hydrogen) atoms. The van der Waals surface area contributed by atoms with E-state index in [9.17, 15) is 14.4 Å². The van der Waals surface area contributed by atoms with Gasteiger partial charge in [0.25, 0.3) is 11.8 Å². The van der Waals surface area contributed by atoms with E-state index in [4.69, 9.17) is 0 Å². The molecule has 0 aromatic heterocycles. The number of benzene rings is 3. The van der Waals surface area contributed by atoms with Gasteiger partial charge in [-0.25, -0.2) is 4.90 Å². The summed E-state index contributed by atoms with van der Waals surface area (Å²) in [6.45, 7) is 1.43. The van der Waals surface area contributed by atoms with Gasteiger partial charge in [0.05, 0.1) is 16.2 Å². The summed E-state index contributed by atoms with van der Waals surface area (Å²) in [4.78, 5) is 42.9. The van der Waals surface area contributed by atoms with Crippen LogP contribution in [0.25, 0.3) is 5.57 Å². The van der Waals surface area contributed by atoms with E-state index in [0.29, 0.717) is 27.4 Å². The van der Waals surface area contributed by atoms with Crippen LogP contribution in [-0.4, -0.2) is 31.8 Å². The van der Waals surface area contributed by atoms with E-state index in [2.05, 4.69) is 5.32 Å². The molecule has 0 saturated heterocycles. The first-order valence-electron chi connectivity index (χ1n) is 10.4. The van der Waals surface area contributed by atoms with Crippen molar-refractivity contribution in [3.05, 3.63) is 89.3 Å². The monoisotopic (exact) mass is 457 g/mol. The lowest BCUT2D eigenvalue weighted by Gasteiger charge is -2.19.